The quantitative estimate of drug-likeness (QED) is 0.300. The van der Waals surface area contributed by atoms with Crippen LogP contribution in [0, 0.1) is 5.41 Å². The number of hydrogen-bond acceptors (Lipinski definition) is 4. The van der Waals surface area contributed by atoms with Gasteiger partial charge in [0.2, 0.25) is 0 Å². The second-order valence-corrected chi connectivity index (χ2v) is 10.4. The minimum absolute atomic E-state index is 0.0282. The molecule has 0 radical (unpaired) electrons. The van der Waals surface area contributed by atoms with E-state index >= 15 is 0 Å². The van der Waals surface area contributed by atoms with Crippen molar-refractivity contribution in [2.75, 3.05) is 26.4 Å². The number of rotatable bonds is 8. The van der Waals surface area contributed by atoms with Gasteiger partial charge in [-0.3, -0.25) is 0 Å². The maximum absolute atomic E-state index is 9.51. The molecule has 37 heavy (non-hydrogen) atoms. The van der Waals surface area contributed by atoms with Crippen LogP contribution in [0.4, 0.5) is 0 Å². The highest BCUT2D eigenvalue weighted by Crippen LogP contribution is 2.64. The van der Waals surface area contributed by atoms with Crippen LogP contribution in [0.2, 0.25) is 0 Å². The van der Waals surface area contributed by atoms with Crippen molar-refractivity contribution in [1.29, 1.82) is 0 Å². The summed E-state index contributed by atoms with van der Waals surface area (Å²) in [6.07, 6.45) is 0. The van der Waals surface area contributed by atoms with Gasteiger partial charge in [0, 0.05) is 23.0 Å². The van der Waals surface area contributed by atoms with Crippen molar-refractivity contribution < 1.29 is 19.7 Å². The summed E-state index contributed by atoms with van der Waals surface area (Å²) < 4.78 is 12.3. The third-order valence-corrected chi connectivity index (χ3v) is 8.02. The zero-order chi connectivity index (χ0) is 25.6. The Hall–Kier alpha value is -3.60. The first kappa shape index (κ1) is 23.8. The predicted molar refractivity (Wildman–Crippen MR) is 146 cm³/mol. The molecule has 0 amide bonds. The van der Waals surface area contributed by atoms with Crippen molar-refractivity contribution in [2.45, 2.75) is 25.7 Å². The third-order valence-electron chi connectivity index (χ3n) is 8.02. The summed E-state index contributed by atoms with van der Waals surface area (Å²) >= 11 is 0. The molecule has 0 saturated carbocycles. The van der Waals surface area contributed by atoms with Crippen LogP contribution in [-0.4, -0.2) is 36.6 Å². The van der Waals surface area contributed by atoms with Crippen LogP contribution in [0.3, 0.4) is 0 Å². The second kappa shape index (κ2) is 9.37. The fourth-order valence-electron chi connectivity index (χ4n) is 6.73. The molecule has 0 spiro atoms. The highest BCUT2D eigenvalue weighted by molar-refractivity contribution is 5.84. The lowest BCUT2D eigenvalue weighted by molar-refractivity contribution is 0.194. The van der Waals surface area contributed by atoms with Gasteiger partial charge < -0.3 is 19.7 Å². The zero-order valence-electron chi connectivity index (χ0n) is 21.3. The SMILES string of the molecule is CC(C)(C1c2ccccc2-c2cccc(OCCO)c21)C1c2ccccc2-c2cccc(OCCO)c21. The Morgan fingerprint density at radius 1 is 0.568 bits per heavy atom. The van der Waals surface area contributed by atoms with E-state index in [2.05, 4.69) is 74.5 Å². The summed E-state index contributed by atoms with van der Waals surface area (Å²) in [4.78, 5) is 0. The molecule has 0 aromatic heterocycles. The van der Waals surface area contributed by atoms with Crippen LogP contribution in [0.5, 0.6) is 11.5 Å². The van der Waals surface area contributed by atoms with E-state index in [4.69, 9.17) is 9.47 Å². The molecular formula is C33H32O4. The van der Waals surface area contributed by atoms with Gasteiger partial charge in [0.25, 0.3) is 0 Å². The maximum atomic E-state index is 9.51. The summed E-state index contributed by atoms with van der Waals surface area (Å²) in [6.45, 7) is 5.17. The maximum Gasteiger partial charge on any atom is 0.123 e. The standard InChI is InChI=1S/C33H32O4/c1-33(2,31-25-11-5-3-9-21(25)23-13-7-15-27(29(23)31)36-19-17-34)32-26-12-6-4-10-22(26)24-14-8-16-28(30(24)32)37-20-18-35/h3-16,31-32,34-35H,17-20H2,1-2H3. The summed E-state index contributed by atoms with van der Waals surface area (Å²) in [5.41, 5.74) is 9.54. The van der Waals surface area contributed by atoms with E-state index in [-0.39, 0.29) is 43.7 Å². The highest BCUT2D eigenvalue weighted by Gasteiger charge is 2.50. The van der Waals surface area contributed by atoms with Crippen LogP contribution in [0.15, 0.2) is 84.9 Å². The van der Waals surface area contributed by atoms with Gasteiger partial charge in [-0.15, -0.1) is 0 Å². The molecule has 2 N–H and O–H groups in total. The molecule has 6 rings (SSSR count). The van der Waals surface area contributed by atoms with Crippen LogP contribution in [0.1, 0.15) is 47.9 Å². The molecular weight excluding hydrogens is 460 g/mol. The summed E-state index contributed by atoms with van der Waals surface area (Å²) in [6, 6.07) is 29.8. The van der Waals surface area contributed by atoms with Crippen LogP contribution in [-0.2, 0) is 0 Å². The van der Waals surface area contributed by atoms with E-state index in [0.29, 0.717) is 0 Å². The lowest BCUT2D eigenvalue weighted by atomic mass is 9.62. The lowest BCUT2D eigenvalue weighted by Gasteiger charge is -2.40. The average molecular weight is 493 g/mol. The van der Waals surface area contributed by atoms with Gasteiger partial charge in [0.15, 0.2) is 0 Å². The van der Waals surface area contributed by atoms with Gasteiger partial charge in [0.1, 0.15) is 24.7 Å². The van der Waals surface area contributed by atoms with Crippen LogP contribution in [0.25, 0.3) is 22.3 Å². The molecule has 4 nitrogen and oxygen atoms in total. The van der Waals surface area contributed by atoms with E-state index in [1.165, 1.54) is 44.5 Å². The Labute approximate surface area is 218 Å². The van der Waals surface area contributed by atoms with Gasteiger partial charge >= 0.3 is 0 Å². The van der Waals surface area contributed by atoms with Crippen molar-refractivity contribution >= 4 is 0 Å². The molecule has 2 atom stereocenters. The normalized spacial score (nSPS) is 17.1. The van der Waals surface area contributed by atoms with Gasteiger partial charge in [-0.2, -0.15) is 0 Å². The molecule has 2 aliphatic carbocycles. The Morgan fingerprint density at radius 2 is 0.973 bits per heavy atom. The third kappa shape index (κ3) is 3.66. The fraction of sp³-hybridized carbons (Fsp3) is 0.273. The van der Waals surface area contributed by atoms with Crippen molar-refractivity contribution in [3.63, 3.8) is 0 Å². The molecule has 2 unspecified atom stereocenters. The molecule has 0 fully saturated rings. The Kier molecular flexibility index (Phi) is 6.02. The molecule has 4 aromatic rings. The molecule has 4 heteroatoms. The first-order valence-electron chi connectivity index (χ1n) is 13.0. The number of hydrogen-bond donors (Lipinski definition) is 2. The Balaban J connectivity index is 1.58. The van der Waals surface area contributed by atoms with E-state index in [1.54, 1.807) is 0 Å². The second-order valence-electron chi connectivity index (χ2n) is 10.4. The number of aliphatic hydroxyl groups is 2. The molecule has 0 aliphatic heterocycles. The van der Waals surface area contributed by atoms with Crippen LogP contribution < -0.4 is 9.47 Å². The molecule has 0 heterocycles. The number of fused-ring (bicyclic) bond motifs is 6. The van der Waals surface area contributed by atoms with Crippen molar-refractivity contribution in [2.24, 2.45) is 5.41 Å². The minimum Gasteiger partial charge on any atom is -0.491 e. The number of benzene rings is 4. The van der Waals surface area contributed by atoms with Crippen molar-refractivity contribution in [3.8, 4) is 33.8 Å². The lowest BCUT2D eigenvalue weighted by Crippen LogP contribution is -2.30. The minimum atomic E-state index is -0.278. The van der Waals surface area contributed by atoms with Gasteiger partial charge in [-0.1, -0.05) is 86.6 Å². The summed E-state index contributed by atoms with van der Waals surface area (Å²) in [7, 11) is 0. The monoisotopic (exact) mass is 492 g/mol. The first-order chi connectivity index (χ1) is 18.1. The molecule has 0 saturated heterocycles. The van der Waals surface area contributed by atoms with Crippen LogP contribution >= 0.6 is 0 Å². The van der Waals surface area contributed by atoms with E-state index in [9.17, 15) is 10.2 Å². The predicted octanol–water partition coefficient (Wildman–Crippen LogP) is 6.38. The number of aliphatic hydroxyl groups excluding tert-OH is 2. The smallest absolute Gasteiger partial charge is 0.123 e. The Morgan fingerprint density at radius 3 is 1.41 bits per heavy atom. The molecule has 0 bridgehead atoms. The highest BCUT2D eigenvalue weighted by atomic mass is 16.5. The Bertz CT molecular complexity index is 1350. The average Bonchev–Trinajstić information content (AvgIpc) is 3.45. The topological polar surface area (TPSA) is 58.9 Å². The zero-order valence-corrected chi connectivity index (χ0v) is 21.3. The number of ether oxygens (including phenoxy) is 2. The fourth-order valence-corrected chi connectivity index (χ4v) is 6.73. The largest absolute Gasteiger partial charge is 0.491 e. The first-order valence-corrected chi connectivity index (χ1v) is 13.0. The molecule has 4 aromatic carbocycles. The summed E-state index contributed by atoms with van der Waals surface area (Å²) in [5, 5.41) is 19.0. The van der Waals surface area contributed by atoms with E-state index in [1.807, 2.05) is 24.3 Å². The van der Waals surface area contributed by atoms with Gasteiger partial charge in [-0.25, -0.2) is 0 Å². The van der Waals surface area contributed by atoms with Crippen molar-refractivity contribution in [3.05, 3.63) is 107 Å². The van der Waals surface area contributed by atoms with Gasteiger partial charge in [-0.05, 0) is 50.9 Å². The van der Waals surface area contributed by atoms with E-state index in [0.717, 1.165) is 11.5 Å². The van der Waals surface area contributed by atoms with Crippen molar-refractivity contribution in [1.82, 2.24) is 0 Å². The molecule has 2 aliphatic rings. The van der Waals surface area contributed by atoms with Gasteiger partial charge in [0.05, 0.1) is 13.2 Å². The molecule has 188 valence electrons. The van der Waals surface area contributed by atoms with E-state index < -0.39 is 0 Å². The summed E-state index contributed by atoms with van der Waals surface area (Å²) in [5.74, 6) is 1.78.